The number of amidine groups is 1. The molecule has 0 aromatic heterocycles. The van der Waals surface area contributed by atoms with Crippen LogP contribution in [0.15, 0.2) is 51.5 Å². The summed E-state index contributed by atoms with van der Waals surface area (Å²) in [5, 5.41) is 45.1. The monoisotopic (exact) mass is 289 g/mol. The van der Waals surface area contributed by atoms with E-state index >= 15 is 0 Å². The van der Waals surface area contributed by atoms with Crippen LogP contribution in [0.25, 0.3) is 0 Å². The summed E-state index contributed by atoms with van der Waals surface area (Å²) in [4.78, 5) is 0. The number of aryl methyl sites for hydroxylation is 1. The SMILES string of the molecule is CCc1cc(NC2=C(O)C(O)=C2O)cc(C(=N)N=NN)c1. The predicted molar refractivity (Wildman–Crippen MR) is 77.3 cm³/mol. The fraction of sp³-hybridized carbons (Fsp3) is 0.154. The highest BCUT2D eigenvalue weighted by molar-refractivity contribution is 5.97. The Balaban J connectivity index is 2.32. The van der Waals surface area contributed by atoms with Crippen molar-refractivity contribution in [3.8, 4) is 0 Å². The molecule has 1 aromatic carbocycles. The molecule has 1 aromatic rings. The minimum Gasteiger partial charge on any atom is -0.503 e. The lowest BCUT2D eigenvalue weighted by molar-refractivity contribution is 0.257. The Bertz CT molecular complexity index is 691. The van der Waals surface area contributed by atoms with Crippen LogP contribution in [-0.4, -0.2) is 21.2 Å². The molecule has 1 aliphatic rings. The number of nitrogens with one attached hydrogen (secondary N) is 2. The van der Waals surface area contributed by atoms with Gasteiger partial charge in [0.15, 0.2) is 17.4 Å². The number of nitrogens with two attached hydrogens (primary N) is 1. The molecule has 0 radical (unpaired) electrons. The molecular formula is C13H15N5O3. The normalized spacial score (nSPS) is 14.5. The molecule has 0 atom stereocenters. The molecule has 8 nitrogen and oxygen atoms in total. The largest absolute Gasteiger partial charge is 0.503 e. The third kappa shape index (κ3) is 2.64. The second kappa shape index (κ2) is 5.53. The number of benzene rings is 1. The van der Waals surface area contributed by atoms with Crippen LogP contribution in [0.2, 0.25) is 0 Å². The van der Waals surface area contributed by atoms with E-state index in [-0.39, 0.29) is 11.5 Å². The van der Waals surface area contributed by atoms with Crippen molar-refractivity contribution in [1.29, 1.82) is 5.41 Å². The van der Waals surface area contributed by atoms with Crippen molar-refractivity contribution in [2.24, 2.45) is 16.2 Å². The Morgan fingerprint density at radius 3 is 2.48 bits per heavy atom. The molecule has 0 fully saturated rings. The molecule has 0 amide bonds. The Labute approximate surface area is 120 Å². The van der Waals surface area contributed by atoms with Gasteiger partial charge in [0.2, 0.25) is 5.76 Å². The molecule has 2 rings (SSSR count). The molecule has 7 N–H and O–H groups in total. The standard InChI is InChI=1S/C13H15N5O3/c1-2-6-3-7(13(14)17-18-15)5-8(4-6)16-9-10(19)12(21)11(9)20/h3-5,16,19-21H,2H2,1H3,(H3,14,15,17). The zero-order valence-electron chi connectivity index (χ0n) is 11.3. The van der Waals surface area contributed by atoms with Gasteiger partial charge in [0.25, 0.3) is 0 Å². The quantitative estimate of drug-likeness (QED) is 0.165. The van der Waals surface area contributed by atoms with Crippen molar-refractivity contribution >= 4 is 11.5 Å². The Morgan fingerprint density at radius 1 is 1.19 bits per heavy atom. The molecule has 0 heterocycles. The highest BCUT2D eigenvalue weighted by Gasteiger charge is 2.29. The number of hydrogen-bond donors (Lipinski definition) is 6. The molecule has 0 aliphatic heterocycles. The van der Waals surface area contributed by atoms with Crippen molar-refractivity contribution in [1.82, 2.24) is 0 Å². The van der Waals surface area contributed by atoms with Gasteiger partial charge in [-0.25, -0.2) is 0 Å². The van der Waals surface area contributed by atoms with E-state index in [0.29, 0.717) is 17.7 Å². The summed E-state index contributed by atoms with van der Waals surface area (Å²) in [5.74, 6) is 3.46. The number of hydrogen-bond acceptors (Lipinski definition) is 6. The van der Waals surface area contributed by atoms with Crippen LogP contribution in [0.4, 0.5) is 5.69 Å². The Morgan fingerprint density at radius 2 is 1.90 bits per heavy atom. The minimum atomic E-state index is -0.547. The van der Waals surface area contributed by atoms with Crippen LogP contribution in [0.5, 0.6) is 0 Å². The summed E-state index contributed by atoms with van der Waals surface area (Å²) in [6.07, 6.45) is 0.716. The van der Waals surface area contributed by atoms with E-state index in [9.17, 15) is 10.2 Å². The van der Waals surface area contributed by atoms with Crippen molar-refractivity contribution in [3.63, 3.8) is 0 Å². The van der Waals surface area contributed by atoms with Crippen molar-refractivity contribution in [2.75, 3.05) is 5.32 Å². The van der Waals surface area contributed by atoms with Crippen LogP contribution in [0, 0.1) is 5.41 Å². The smallest absolute Gasteiger partial charge is 0.205 e. The lowest BCUT2D eigenvalue weighted by Crippen LogP contribution is -2.18. The molecule has 0 spiro atoms. The molecule has 110 valence electrons. The van der Waals surface area contributed by atoms with Gasteiger partial charge in [-0.1, -0.05) is 12.1 Å². The minimum absolute atomic E-state index is 0.0266. The second-order valence-electron chi connectivity index (χ2n) is 4.38. The molecule has 8 heteroatoms. The van der Waals surface area contributed by atoms with Gasteiger partial charge in [0.1, 0.15) is 5.70 Å². The van der Waals surface area contributed by atoms with Gasteiger partial charge in [0, 0.05) is 11.3 Å². The number of aliphatic hydroxyl groups excluding tert-OH is 3. The van der Waals surface area contributed by atoms with E-state index in [1.54, 1.807) is 18.2 Å². The van der Waals surface area contributed by atoms with Gasteiger partial charge in [0.05, 0.1) is 0 Å². The zero-order chi connectivity index (χ0) is 15.6. The van der Waals surface area contributed by atoms with Gasteiger partial charge in [-0.15, -0.1) is 5.11 Å². The Kier molecular flexibility index (Phi) is 3.79. The average molecular weight is 289 g/mol. The summed E-state index contributed by atoms with van der Waals surface area (Å²) < 4.78 is 0. The predicted octanol–water partition coefficient (Wildman–Crippen LogP) is 2.42. The maximum Gasteiger partial charge on any atom is 0.205 e. The molecule has 0 saturated heterocycles. The lowest BCUT2D eigenvalue weighted by Gasteiger charge is -2.21. The first-order valence-electron chi connectivity index (χ1n) is 6.15. The average Bonchev–Trinajstić information content (AvgIpc) is 2.51. The molecule has 21 heavy (non-hydrogen) atoms. The topological polar surface area (TPSA) is 147 Å². The summed E-state index contributed by atoms with van der Waals surface area (Å²) in [6.45, 7) is 1.94. The van der Waals surface area contributed by atoms with E-state index in [4.69, 9.17) is 16.4 Å². The third-order valence-corrected chi connectivity index (χ3v) is 3.02. The van der Waals surface area contributed by atoms with Gasteiger partial charge in [-0.05, 0) is 30.2 Å². The van der Waals surface area contributed by atoms with Gasteiger partial charge in [-0.3, -0.25) is 5.41 Å². The highest BCUT2D eigenvalue weighted by Crippen LogP contribution is 2.31. The fourth-order valence-electron chi connectivity index (χ4n) is 1.88. The van der Waals surface area contributed by atoms with E-state index in [0.717, 1.165) is 5.56 Å². The summed E-state index contributed by atoms with van der Waals surface area (Å²) >= 11 is 0. The van der Waals surface area contributed by atoms with Crippen LogP contribution < -0.4 is 11.2 Å². The fourth-order valence-corrected chi connectivity index (χ4v) is 1.88. The van der Waals surface area contributed by atoms with E-state index in [1.165, 1.54) is 0 Å². The molecule has 0 bridgehead atoms. The lowest BCUT2D eigenvalue weighted by atomic mass is 10.0. The summed E-state index contributed by atoms with van der Waals surface area (Å²) in [6, 6.07) is 5.16. The van der Waals surface area contributed by atoms with Crippen molar-refractivity contribution in [3.05, 3.63) is 52.3 Å². The van der Waals surface area contributed by atoms with Crippen LogP contribution in [0.1, 0.15) is 18.1 Å². The zero-order valence-corrected chi connectivity index (χ0v) is 11.3. The number of nitrogens with zero attached hydrogens (tertiary/aromatic N) is 2. The van der Waals surface area contributed by atoms with Crippen LogP contribution >= 0.6 is 0 Å². The van der Waals surface area contributed by atoms with E-state index in [2.05, 4.69) is 15.7 Å². The molecular weight excluding hydrogens is 274 g/mol. The Hall–Kier alpha value is -3.03. The third-order valence-electron chi connectivity index (χ3n) is 3.02. The number of anilines is 1. The van der Waals surface area contributed by atoms with E-state index in [1.807, 2.05) is 6.92 Å². The maximum atomic E-state index is 9.45. The number of aliphatic hydroxyl groups is 3. The first kappa shape index (κ1) is 14.4. The summed E-state index contributed by atoms with van der Waals surface area (Å²) in [7, 11) is 0. The van der Waals surface area contributed by atoms with Crippen LogP contribution in [0.3, 0.4) is 0 Å². The van der Waals surface area contributed by atoms with Gasteiger partial charge >= 0.3 is 0 Å². The molecule has 1 aliphatic carbocycles. The van der Waals surface area contributed by atoms with Crippen LogP contribution in [-0.2, 0) is 6.42 Å². The van der Waals surface area contributed by atoms with Crippen molar-refractivity contribution in [2.45, 2.75) is 13.3 Å². The number of rotatable bonds is 4. The molecule has 0 saturated carbocycles. The van der Waals surface area contributed by atoms with E-state index < -0.39 is 17.3 Å². The first-order chi connectivity index (χ1) is 9.97. The second-order valence-corrected chi connectivity index (χ2v) is 4.38. The van der Waals surface area contributed by atoms with Gasteiger partial charge < -0.3 is 26.5 Å². The maximum absolute atomic E-state index is 9.45. The first-order valence-corrected chi connectivity index (χ1v) is 6.15. The van der Waals surface area contributed by atoms with Crippen molar-refractivity contribution < 1.29 is 15.3 Å². The molecule has 0 unspecified atom stereocenters. The van der Waals surface area contributed by atoms with Gasteiger partial charge in [-0.2, -0.15) is 0 Å². The summed E-state index contributed by atoms with van der Waals surface area (Å²) in [5.41, 5.74) is 1.96. The highest BCUT2D eigenvalue weighted by atomic mass is 16.3.